The first-order valence-electron chi connectivity index (χ1n) is 7.05. The summed E-state index contributed by atoms with van der Waals surface area (Å²) in [6, 6.07) is 5.61. The number of amides is 1. The van der Waals surface area contributed by atoms with Gasteiger partial charge in [0.05, 0.1) is 7.85 Å². The first-order valence-corrected chi connectivity index (χ1v) is 7.05. The molecule has 3 nitrogen and oxygen atoms in total. The Balaban J connectivity index is 2.10. The molecule has 0 bridgehead atoms. The fraction of sp³-hybridized carbons (Fsp3) is 0.500. The molecule has 4 heteroatoms. The molecule has 2 aliphatic rings. The van der Waals surface area contributed by atoms with E-state index in [1.165, 1.54) is 0 Å². The van der Waals surface area contributed by atoms with E-state index in [9.17, 15) is 9.59 Å². The predicted molar refractivity (Wildman–Crippen MR) is 79.4 cm³/mol. The Morgan fingerprint density at radius 1 is 1.35 bits per heavy atom. The van der Waals surface area contributed by atoms with Crippen LogP contribution in [0.15, 0.2) is 18.2 Å². The van der Waals surface area contributed by atoms with Gasteiger partial charge in [0, 0.05) is 29.1 Å². The van der Waals surface area contributed by atoms with E-state index in [1.807, 2.05) is 43.9 Å². The van der Waals surface area contributed by atoms with Gasteiger partial charge in [-0.3, -0.25) is 9.59 Å². The van der Waals surface area contributed by atoms with Crippen molar-refractivity contribution in [2.75, 3.05) is 11.4 Å². The van der Waals surface area contributed by atoms with Crippen molar-refractivity contribution >= 4 is 25.2 Å². The van der Waals surface area contributed by atoms with Crippen molar-refractivity contribution < 1.29 is 9.59 Å². The lowest BCUT2D eigenvalue weighted by Crippen LogP contribution is -2.38. The van der Waals surface area contributed by atoms with Gasteiger partial charge < -0.3 is 4.90 Å². The molecule has 1 amide bonds. The molecular weight excluding hydrogens is 249 g/mol. The summed E-state index contributed by atoms with van der Waals surface area (Å²) in [6.07, 6.45) is 0.636. The van der Waals surface area contributed by atoms with E-state index < -0.39 is 11.2 Å². The Kier molecular flexibility index (Phi) is 2.82. The normalized spacial score (nSPS) is 24.8. The largest absolute Gasteiger partial charge is 0.311 e. The number of rotatable bonds is 0. The molecule has 1 aromatic rings. The van der Waals surface area contributed by atoms with Crippen LogP contribution < -0.4 is 4.90 Å². The molecule has 102 valence electrons. The van der Waals surface area contributed by atoms with Gasteiger partial charge in [-0.2, -0.15) is 0 Å². The maximum atomic E-state index is 12.6. The smallest absolute Gasteiger partial charge is 0.232 e. The van der Waals surface area contributed by atoms with E-state index in [-0.39, 0.29) is 17.6 Å². The zero-order valence-electron chi connectivity index (χ0n) is 12.1. The highest BCUT2D eigenvalue weighted by molar-refractivity contribution is 6.29. The summed E-state index contributed by atoms with van der Waals surface area (Å²) < 4.78 is 0. The van der Waals surface area contributed by atoms with Crippen LogP contribution in [0.2, 0.25) is 5.82 Å². The molecule has 2 atom stereocenters. The van der Waals surface area contributed by atoms with Gasteiger partial charge in [0.1, 0.15) is 0 Å². The fourth-order valence-corrected chi connectivity index (χ4v) is 3.25. The van der Waals surface area contributed by atoms with E-state index in [4.69, 9.17) is 7.85 Å². The molecule has 1 aliphatic carbocycles. The van der Waals surface area contributed by atoms with Crippen LogP contribution in [0.5, 0.6) is 0 Å². The zero-order chi connectivity index (χ0) is 14.7. The van der Waals surface area contributed by atoms with E-state index in [0.29, 0.717) is 18.5 Å². The molecule has 2 unspecified atom stereocenters. The van der Waals surface area contributed by atoms with Crippen molar-refractivity contribution in [2.45, 2.75) is 38.9 Å². The summed E-state index contributed by atoms with van der Waals surface area (Å²) in [5.74, 6) is -0.142. The van der Waals surface area contributed by atoms with Crippen molar-refractivity contribution in [3.63, 3.8) is 0 Å². The maximum Gasteiger partial charge on any atom is 0.232 e. The highest BCUT2D eigenvalue weighted by Gasteiger charge is 2.42. The lowest BCUT2D eigenvalue weighted by molar-refractivity contribution is -0.125. The summed E-state index contributed by atoms with van der Waals surface area (Å²) in [6.45, 7) is 6.40. The van der Waals surface area contributed by atoms with Gasteiger partial charge in [0.2, 0.25) is 5.91 Å². The monoisotopic (exact) mass is 267 g/mol. The fourth-order valence-electron chi connectivity index (χ4n) is 3.25. The number of carbonyl (C=O) groups is 2. The number of hydrogen-bond acceptors (Lipinski definition) is 2. The summed E-state index contributed by atoms with van der Waals surface area (Å²) in [5.41, 5.74) is 2.20. The lowest BCUT2D eigenvalue weighted by Gasteiger charge is -2.26. The molecule has 3 rings (SSSR count). The lowest BCUT2D eigenvalue weighted by atomic mass is 9.68. The Bertz CT molecular complexity index is 603. The second-order valence-electron chi connectivity index (χ2n) is 6.81. The van der Waals surface area contributed by atoms with Gasteiger partial charge in [-0.15, -0.1) is 0 Å². The van der Waals surface area contributed by atoms with E-state index >= 15 is 0 Å². The number of carbonyl (C=O) groups excluding carboxylic acids is 2. The third-order valence-electron chi connectivity index (χ3n) is 4.21. The molecule has 0 saturated heterocycles. The van der Waals surface area contributed by atoms with Gasteiger partial charge in [0.15, 0.2) is 5.78 Å². The molecule has 0 saturated carbocycles. The summed E-state index contributed by atoms with van der Waals surface area (Å²) in [7, 11) is 5.94. The van der Waals surface area contributed by atoms with Gasteiger partial charge in [-0.25, -0.2) is 0 Å². The van der Waals surface area contributed by atoms with E-state index in [0.717, 1.165) is 11.3 Å². The van der Waals surface area contributed by atoms with Crippen LogP contribution in [-0.4, -0.2) is 26.1 Å². The van der Waals surface area contributed by atoms with Gasteiger partial charge in [-0.05, 0) is 23.9 Å². The molecule has 0 aromatic heterocycles. The SMILES string of the molecule is [B]C1CC2CN(C(=O)C(C)(C)C)c3cccc(c32)C1=O. The van der Waals surface area contributed by atoms with Crippen LogP contribution in [0.3, 0.4) is 0 Å². The molecular formula is C16H18BNO2. The second kappa shape index (κ2) is 4.21. The number of hydrogen-bond donors (Lipinski definition) is 0. The second-order valence-corrected chi connectivity index (χ2v) is 6.81. The first kappa shape index (κ1) is 13.4. The van der Waals surface area contributed by atoms with E-state index in [1.54, 1.807) is 0 Å². The highest BCUT2D eigenvalue weighted by Crippen LogP contribution is 2.47. The maximum absolute atomic E-state index is 12.6. The molecule has 20 heavy (non-hydrogen) atoms. The molecule has 2 radical (unpaired) electrons. The van der Waals surface area contributed by atoms with Gasteiger partial charge >= 0.3 is 0 Å². The molecule has 0 fully saturated rings. The minimum Gasteiger partial charge on any atom is -0.311 e. The van der Waals surface area contributed by atoms with Crippen LogP contribution in [0, 0.1) is 5.41 Å². The third kappa shape index (κ3) is 1.81. The van der Waals surface area contributed by atoms with Crippen molar-refractivity contribution in [3.05, 3.63) is 29.3 Å². The number of Topliss-reactive ketones (excluding diaryl/α,β-unsaturated/α-hetero) is 1. The summed E-state index contributed by atoms with van der Waals surface area (Å²) >= 11 is 0. The zero-order valence-corrected chi connectivity index (χ0v) is 12.1. The van der Waals surface area contributed by atoms with Crippen LogP contribution in [0.4, 0.5) is 5.69 Å². The quantitative estimate of drug-likeness (QED) is 0.678. The molecule has 1 aliphatic heterocycles. The number of anilines is 1. The predicted octanol–water partition coefficient (Wildman–Crippen LogP) is 2.71. The Hall–Kier alpha value is -1.58. The van der Waals surface area contributed by atoms with Gasteiger partial charge in [-0.1, -0.05) is 32.9 Å². The van der Waals surface area contributed by atoms with Crippen molar-refractivity contribution in [1.82, 2.24) is 0 Å². The molecule has 0 spiro atoms. The van der Waals surface area contributed by atoms with E-state index in [2.05, 4.69) is 0 Å². The minimum atomic E-state index is -0.438. The van der Waals surface area contributed by atoms with Crippen LogP contribution in [0.25, 0.3) is 0 Å². The first-order chi connectivity index (χ1) is 9.30. The molecule has 0 N–H and O–H groups in total. The van der Waals surface area contributed by atoms with Crippen LogP contribution in [0.1, 0.15) is 49.0 Å². The summed E-state index contributed by atoms with van der Waals surface area (Å²) in [4.78, 5) is 26.6. The Labute approximate surface area is 120 Å². The van der Waals surface area contributed by atoms with Crippen LogP contribution >= 0.6 is 0 Å². The number of ketones is 1. The Morgan fingerprint density at radius 2 is 2.05 bits per heavy atom. The average molecular weight is 267 g/mol. The third-order valence-corrected chi connectivity index (χ3v) is 4.21. The minimum absolute atomic E-state index is 0.00292. The Morgan fingerprint density at radius 3 is 2.70 bits per heavy atom. The van der Waals surface area contributed by atoms with Crippen molar-refractivity contribution in [2.24, 2.45) is 5.41 Å². The average Bonchev–Trinajstić information content (AvgIpc) is 2.74. The summed E-state index contributed by atoms with van der Waals surface area (Å²) in [5, 5.41) is 0. The van der Waals surface area contributed by atoms with Crippen molar-refractivity contribution in [1.29, 1.82) is 0 Å². The molecule has 1 aromatic carbocycles. The topological polar surface area (TPSA) is 37.4 Å². The molecule has 1 heterocycles. The van der Waals surface area contributed by atoms with Crippen molar-refractivity contribution in [3.8, 4) is 0 Å². The number of nitrogens with zero attached hydrogens (tertiary/aromatic N) is 1. The standard InChI is InChI=1S/C16H18BNO2/c1-16(2,3)15(20)18-8-9-7-11(17)14(19)10-5-4-6-12(18)13(9)10/h4-6,9,11H,7-8H2,1-3H3. The van der Waals surface area contributed by atoms with Gasteiger partial charge in [0.25, 0.3) is 0 Å². The van der Waals surface area contributed by atoms with Crippen LogP contribution in [-0.2, 0) is 4.79 Å². The number of benzene rings is 1. The highest BCUT2D eigenvalue weighted by atomic mass is 16.2.